The summed E-state index contributed by atoms with van der Waals surface area (Å²) < 4.78 is 11.0. The van der Waals surface area contributed by atoms with Gasteiger partial charge in [-0.3, -0.25) is 9.59 Å². The van der Waals surface area contributed by atoms with E-state index in [4.69, 9.17) is 9.47 Å². The number of rotatable bonds is 2. The van der Waals surface area contributed by atoms with Gasteiger partial charge in [0.2, 0.25) is 18.6 Å². The van der Waals surface area contributed by atoms with Gasteiger partial charge < -0.3 is 24.3 Å². The van der Waals surface area contributed by atoms with Crippen LogP contribution in [-0.2, 0) is 16.0 Å². The Morgan fingerprint density at radius 1 is 1.10 bits per heavy atom. The maximum atomic E-state index is 13.2. The van der Waals surface area contributed by atoms with Crippen molar-refractivity contribution in [1.29, 1.82) is 0 Å². The van der Waals surface area contributed by atoms with Gasteiger partial charge in [-0.1, -0.05) is 24.3 Å². The van der Waals surface area contributed by atoms with Crippen LogP contribution in [0.25, 0.3) is 10.9 Å². The number of ether oxygens (including phenoxy) is 2. The quantitative estimate of drug-likeness (QED) is 0.714. The maximum Gasteiger partial charge on any atom is 0.246 e. The molecule has 2 aromatic carbocycles. The first-order chi connectivity index (χ1) is 14.7. The lowest BCUT2D eigenvalue weighted by Gasteiger charge is -2.46. The van der Waals surface area contributed by atoms with Crippen molar-refractivity contribution in [2.24, 2.45) is 0 Å². The summed E-state index contributed by atoms with van der Waals surface area (Å²) in [7, 11) is 0. The maximum absolute atomic E-state index is 13.2. The number of piperazine rings is 1. The van der Waals surface area contributed by atoms with Gasteiger partial charge in [0.15, 0.2) is 11.5 Å². The number of nitrogens with one attached hydrogen (secondary N) is 1. The molecule has 0 spiro atoms. The molecule has 152 valence electrons. The fraction of sp³-hybridized carbons (Fsp3) is 0.304. The first-order valence-corrected chi connectivity index (χ1v) is 10.2. The normalized spacial score (nSPS) is 22.4. The van der Waals surface area contributed by atoms with Gasteiger partial charge in [0, 0.05) is 29.6 Å². The van der Waals surface area contributed by atoms with Crippen molar-refractivity contribution in [3.8, 4) is 11.5 Å². The van der Waals surface area contributed by atoms with Crippen molar-refractivity contribution in [3.63, 3.8) is 0 Å². The van der Waals surface area contributed by atoms with E-state index < -0.39 is 6.04 Å². The largest absolute Gasteiger partial charge is 0.454 e. The van der Waals surface area contributed by atoms with Crippen LogP contribution in [0.2, 0.25) is 0 Å². The zero-order chi connectivity index (χ0) is 20.4. The van der Waals surface area contributed by atoms with Crippen molar-refractivity contribution < 1.29 is 19.1 Å². The van der Waals surface area contributed by atoms with Crippen molar-refractivity contribution in [2.75, 3.05) is 19.9 Å². The minimum Gasteiger partial charge on any atom is -0.454 e. The molecule has 1 saturated heterocycles. The van der Waals surface area contributed by atoms with Gasteiger partial charge >= 0.3 is 0 Å². The van der Waals surface area contributed by atoms with Crippen molar-refractivity contribution >= 4 is 22.7 Å². The summed E-state index contributed by atoms with van der Waals surface area (Å²) in [6.45, 7) is 2.75. The summed E-state index contributed by atoms with van der Waals surface area (Å²) in [6.07, 6.45) is 0.515. The van der Waals surface area contributed by atoms with Gasteiger partial charge in [0.1, 0.15) is 6.04 Å². The molecule has 1 N–H and O–H groups in total. The molecule has 7 nitrogen and oxygen atoms in total. The third-order valence-electron chi connectivity index (χ3n) is 6.44. The van der Waals surface area contributed by atoms with Crippen LogP contribution in [0.15, 0.2) is 42.5 Å². The van der Waals surface area contributed by atoms with Crippen LogP contribution >= 0.6 is 0 Å². The van der Waals surface area contributed by atoms with E-state index in [-0.39, 0.29) is 31.2 Å². The Labute approximate surface area is 173 Å². The topological polar surface area (TPSA) is 74.9 Å². The molecule has 6 rings (SSSR count). The molecular formula is C23H21N3O4. The Morgan fingerprint density at radius 3 is 2.80 bits per heavy atom. The van der Waals surface area contributed by atoms with E-state index in [9.17, 15) is 9.59 Å². The molecule has 4 heterocycles. The van der Waals surface area contributed by atoms with E-state index in [1.807, 2.05) is 43.3 Å². The second-order valence-electron chi connectivity index (χ2n) is 7.95. The number of H-pyrrole nitrogens is 1. The number of carbonyl (C=O) groups excluding carboxylic acids is 2. The van der Waals surface area contributed by atoms with Crippen molar-refractivity contribution in [2.45, 2.75) is 25.4 Å². The van der Waals surface area contributed by atoms with Crippen LogP contribution in [0.5, 0.6) is 11.5 Å². The lowest BCUT2D eigenvalue weighted by Crippen LogP contribution is -2.62. The molecule has 1 aromatic heterocycles. The Kier molecular flexibility index (Phi) is 3.63. The molecule has 3 aliphatic rings. The summed E-state index contributed by atoms with van der Waals surface area (Å²) in [5.41, 5.74) is 3.99. The second kappa shape index (κ2) is 6.26. The first-order valence-electron chi connectivity index (χ1n) is 10.2. The van der Waals surface area contributed by atoms with Crippen molar-refractivity contribution in [1.82, 2.24) is 14.8 Å². The van der Waals surface area contributed by atoms with Crippen LogP contribution < -0.4 is 9.47 Å². The van der Waals surface area contributed by atoms with E-state index in [2.05, 4.69) is 11.1 Å². The highest BCUT2D eigenvalue weighted by Crippen LogP contribution is 2.44. The Bertz CT molecular complexity index is 1200. The number of fused-ring (bicyclic) bond motifs is 5. The van der Waals surface area contributed by atoms with Gasteiger partial charge in [0.05, 0.1) is 12.6 Å². The molecular weight excluding hydrogens is 382 g/mol. The number of hydrogen-bond donors (Lipinski definition) is 1. The molecule has 3 aliphatic heterocycles. The van der Waals surface area contributed by atoms with Crippen LogP contribution in [0.1, 0.15) is 29.8 Å². The number of nitrogens with zero attached hydrogens (tertiary/aromatic N) is 2. The van der Waals surface area contributed by atoms with Crippen molar-refractivity contribution in [3.05, 3.63) is 59.3 Å². The molecule has 7 heteroatoms. The van der Waals surface area contributed by atoms with E-state index in [1.54, 1.807) is 9.80 Å². The van der Waals surface area contributed by atoms with Crippen LogP contribution in [-0.4, -0.2) is 52.5 Å². The number of aromatic nitrogens is 1. The number of para-hydroxylation sites is 1. The lowest BCUT2D eigenvalue weighted by molar-refractivity contribution is -0.158. The number of amides is 2. The van der Waals surface area contributed by atoms with E-state index in [1.165, 1.54) is 0 Å². The van der Waals surface area contributed by atoms with Gasteiger partial charge in [-0.2, -0.15) is 0 Å². The minimum atomic E-state index is -0.506. The van der Waals surface area contributed by atoms with E-state index in [0.717, 1.165) is 27.7 Å². The monoisotopic (exact) mass is 403 g/mol. The summed E-state index contributed by atoms with van der Waals surface area (Å²) in [6, 6.07) is 13.0. The number of hydrogen-bond acceptors (Lipinski definition) is 4. The molecule has 0 radical (unpaired) electrons. The second-order valence-corrected chi connectivity index (χ2v) is 7.95. The van der Waals surface area contributed by atoms with Gasteiger partial charge in [-0.15, -0.1) is 0 Å². The predicted octanol–water partition coefficient (Wildman–Crippen LogP) is 2.60. The standard InChI is InChI=1S/C23H21N3O4/c1-2-25-11-20(27)26-17(23(25)28)10-15-14-5-3-4-6-16(14)24-21(15)22(26)13-7-8-18-19(9-13)30-12-29-18/h3-9,17,22,24H,2,10-12H2,1H3/t17-,22-/m0/s1. The van der Waals surface area contributed by atoms with E-state index >= 15 is 0 Å². The zero-order valence-corrected chi connectivity index (χ0v) is 16.6. The Morgan fingerprint density at radius 2 is 1.93 bits per heavy atom. The minimum absolute atomic E-state index is 0.0128. The summed E-state index contributed by atoms with van der Waals surface area (Å²) in [4.78, 5) is 33.4. The summed E-state index contributed by atoms with van der Waals surface area (Å²) in [5, 5.41) is 1.10. The molecule has 1 fully saturated rings. The number of carbonyl (C=O) groups is 2. The predicted molar refractivity (Wildman–Crippen MR) is 109 cm³/mol. The fourth-order valence-corrected chi connectivity index (χ4v) is 5.02. The third kappa shape index (κ3) is 2.32. The molecule has 30 heavy (non-hydrogen) atoms. The van der Waals surface area contributed by atoms with Gasteiger partial charge in [-0.25, -0.2) is 0 Å². The zero-order valence-electron chi connectivity index (χ0n) is 16.6. The summed E-state index contributed by atoms with van der Waals surface area (Å²) in [5.74, 6) is 1.34. The van der Waals surface area contributed by atoms with Gasteiger partial charge in [-0.05, 0) is 36.2 Å². The highest BCUT2D eigenvalue weighted by Gasteiger charge is 2.48. The van der Waals surface area contributed by atoms with Crippen LogP contribution in [0, 0.1) is 0 Å². The van der Waals surface area contributed by atoms with E-state index in [0.29, 0.717) is 24.5 Å². The SMILES string of the molecule is CCN1CC(=O)N2[C@@H](c3ccc4c(c3)OCO4)c3[nH]c4ccccc4c3C[C@H]2C1=O. The number of likely N-dealkylation sites (N-methyl/N-ethyl adjacent to an activating group) is 1. The molecule has 0 unspecified atom stereocenters. The Balaban J connectivity index is 1.57. The van der Waals surface area contributed by atoms with Crippen LogP contribution in [0.4, 0.5) is 0 Å². The third-order valence-corrected chi connectivity index (χ3v) is 6.44. The molecule has 2 atom stereocenters. The Hall–Kier alpha value is -3.48. The molecule has 3 aromatic rings. The lowest BCUT2D eigenvalue weighted by atomic mass is 9.86. The number of aromatic amines is 1. The number of benzene rings is 2. The summed E-state index contributed by atoms with van der Waals surface area (Å²) >= 11 is 0. The highest BCUT2D eigenvalue weighted by molar-refractivity contribution is 5.97. The first kappa shape index (κ1) is 17.4. The molecule has 0 bridgehead atoms. The molecule has 0 aliphatic carbocycles. The highest BCUT2D eigenvalue weighted by atomic mass is 16.7. The fourth-order valence-electron chi connectivity index (χ4n) is 5.02. The molecule has 0 saturated carbocycles. The van der Waals surface area contributed by atoms with Crippen LogP contribution in [0.3, 0.4) is 0 Å². The smallest absolute Gasteiger partial charge is 0.246 e. The van der Waals surface area contributed by atoms with Gasteiger partial charge in [0.25, 0.3) is 0 Å². The average molecular weight is 403 g/mol. The molecule has 2 amide bonds. The average Bonchev–Trinajstić information content (AvgIpc) is 3.38.